The van der Waals surface area contributed by atoms with E-state index in [2.05, 4.69) is 6.92 Å². The number of carbonyl (C=O) groups excluding carboxylic acids is 1. The van der Waals surface area contributed by atoms with Gasteiger partial charge in [-0.1, -0.05) is 93.6 Å². The number of rotatable bonds is 17. The molecule has 0 bridgehead atoms. The summed E-state index contributed by atoms with van der Waals surface area (Å²) in [6.07, 6.45) is 14.3. The Hall–Kier alpha value is -0.290. The van der Waals surface area contributed by atoms with Crippen LogP contribution in [0.2, 0.25) is 0 Å². The first-order chi connectivity index (χ1) is 12.5. The van der Waals surface area contributed by atoms with E-state index >= 15 is 0 Å². The lowest BCUT2D eigenvalue weighted by Gasteiger charge is -2.21. The molecule has 0 aliphatic heterocycles. The summed E-state index contributed by atoms with van der Waals surface area (Å²) in [7, 11) is 0. The average molecular weight is 411 g/mol. The average Bonchev–Trinajstić information content (AvgIpc) is 2.62. The first-order valence-electron chi connectivity index (χ1n) is 9.94. The minimum Gasteiger partial charge on any atom is -0.455 e. The van der Waals surface area contributed by atoms with Gasteiger partial charge in [-0.2, -0.15) is 0 Å². The molecule has 4 nitrogen and oxygen atoms in total. The Balaban J connectivity index is 3.93. The van der Waals surface area contributed by atoms with Crippen molar-refractivity contribution in [3.8, 4) is 0 Å². The number of ether oxygens (including phenoxy) is 2. The maximum atomic E-state index is 11.5. The summed E-state index contributed by atoms with van der Waals surface area (Å²) < 4.78 is 10.3. The van der Waals surface area contributed by atoms with Gasteiger partial charge in [-0.05, 0) is 19.8 Å². The van der Waals surface area contributed by atoms with Crippen molar-refractivity contribution in [3.05, 3.63) is 12.2 Å². The zero-order chi connectivity index (χ0) is 19.6. The van der Waals surface area contributed by atoms with E-state index in [-0.39, 0.29) is 6.61 Å². The highest BCUT2D eigenvalue weighted by molar-refractivity contribution is 6.52. The fraction of sp³-hybridized carbons (Fsp3) is 0.850. The molecule has 154 valence electrons. The second kappa shape index (κ2) is 18.1. The van der Waals surface area contributed by atoms with Crippen LogP contribution in [0.1, 0.15) is 78.1 Å². The Morgan fingerprint density at radius 3 is 2.12 bits per heavy atom. The Morgan fingerprint density at radius 1 is 1.00 bits per heavy atom. The molecule has 0 rings (SSSR count). The Labute approximate surface area is 169 Å². The number of halogens is 2. The molecule has 0 saturated heterocycles. The van der Waals surface area contributed by atoms with E-state index in [9.17, 15) is 9.90 Å². The number of aliphatic hydroxyl groups excluding tert-OH is 1. The molecule has 0 fully saturated rings. The molecule has 0 saturated carbocycles. The molecule has 1 N–H and O–H groups in total. The molecule has 6 heteroatoms. The zero-order valence-corrected chi connectivity index (χ0v) is 17.8. The van der Waals surface area contributed by atoms with Crippen LogP contribution < -0.4 is 0 Å². The molecule has 2 unspecified atom stereocenters. The van der Waals surface area contributed by atoms with Gasteiger partial charge in [0, 0.05) is 6.61 Å². The summed E-state index contributed by atoms with van der Waals surface area (Å²) >= 11 is 11.0. The lowest BCUT2D eigenvalue weighted by atomic mass is 10.1. The fourth-order valence-electron chi connectivity index (χ4n) is 2.57. The van der Waals surface area contributed by atoms with Gasteiger partial charge in [0.05, 0.1) is 6.61 Å². The monoisotopic (exact) mass is 410 g/mol. The van der Waals surface area contributed by atoms with Crippen molar-refractivity contribution < 1.29 is 19.4 Å². The van der Waals surface area contributed by atoms with Crippen LogP contribution in [0.25, 0.3) is 0 Å². The summed E-state index contributed by atoms with van der Waals surface area (Å²) in [4.78, 5) is 10.2. The molecule has 0 radical (unpaired) electrons. The molecule has 0 aliphatic rings. The van der Waals surface area contributed by atoms with Crippen molar-refractivity contribution in [2.75, 3.05) is 13.2 Å². The maximum Gasteiger partial charge on any atom is 0.339 e. The SMILES string of the molecule is CCCCCCCCCCC/C=C/C(O)C(COCC)OC(=O)C(Cl)Cl. The summed E-state index contributed by atoms with van der Waals surface area (Å²) in [5.41, 5.74) is 0. The first-order valence-corrected chi connectivity index (χ1v) is 10.8. The van der Waals surface area contributed by atoms with Gasteiger partial charge >= 0.3 is 5.97 Å². The van der Waals surface area contributed by atoms with Crippen LogP contribution in [0.5, 0.6) is 0 Å². The molecule has 0 aromatic heterocycles. The molecule has 0 spiro atoms. The normalized spacial score (nSPS) is 14.1. The Kier molecular flexibility index (Phi) is 17.9. The summed E-state index contributed by atoms with van der Waals surface area (Å²) in [5.74, 6) is -0.774. The molecule has 26 heavy (non-hydrogen) atoms. The Morgan fingerprint density at radius 2 is 1.58 bits per heavy atom. The van der Waals surface area contributed by atoms with Gasteiger partial charge < -0.3 is 14.6 Å². The van der Waals surface area contributed by atoms with Crippen molar-refractivity contribution in [2.24, 2.45) is 0 Å². The lowest BCUT2D eigenvalue weighted by Crippen LogP contribution is -2.35. The van der Waals surface area contributed by atoms with E-state index in [0.29, 0.717) is 6.61 Å². The summed E-state index contributed by atoms with van der Waals surface area (Å²) in [6.45, 7) is 4.64. The smallest absolute Gasteiger partial charge is 0.339 e. The number of carbonyl (C=O) groups is 1. The van der Waals surface area contributed by atoms with Gasteiger partial charge in [0.2, 0.25) is 4.84 Å². The highest BCUT2D eigenvalue weighted by Crippen LogP contribution is 2.12. The van der Waals surface area contributed by atoms with Gasteiger partial charge in [0.15, 0.2) is 6.10 Å². The van der Waals surface area contributed by atoms with Gasteiger partial charge in [-0.15, -0.1) is 0 Å². The topological polar surface area (TPSA) is 55.8 Å². The van der Waals surface area contributed by atoms with Crippen LogP contribution in [-0.4, -0.2) is 41.3 Å². The van der Waals surface area contributed by atoms with Gasteiger partial charge in [0.25, 0.3) is 0 Å². The zero-order valence-electron chi connectivity index (χ0n) is 16.3. The van der Waals surface area contributed by atoms with Crippen molar-refractivity contribution in [1.29, 1.82) is 0 Å². The van der Waals surface area contributed by atoms with Crippen molar-refractivity contribution in [1.82, 2.24) is 0 Å². The highest BCUT2D eigenvalue weighted by Gasteiger charge is 2.24. The minimum absolute atomic E-state index is 0.103. The van der Waals surface area contributed by atoms with Crippen LogP contribution in [0.3, 0.4) is 0 Å². The van der Waals surface area contributed by atoms with Crippen LogP contribution >= 0.6 is 23.2 Å². The number of esters is 1. The van der Waals surface area contributed by atoms with Gasteiger partial charge in [-0.3, -0.25) is 0 Å². The molecular weight excluding hydrogens is 375 g/mol. The Bertz CT molecular complexity index is 362. The fourth-order valence-corrected chi connectivity index (χ4v) is 2.67. The summed E-state index contributed by atoms with van der Waals surface area (Å²) in [5, 5.41) is 10.2. The third kappa shape index (κ3) is 14.8. The predicted molar refractivity (Wildman–Crippen MR) is 109 cm³/mol. The van der Waals surface area contributed by atoms with Crippen molar-refractivity contribution in [3.63, 3.8) is 0 Å². The predicted octanol–water partition coefficient (Wildman–Crippen LogP) is 5.58. The number of hydrogen-bond acceptors (Lipinski definition) is 4. The van der Waals surface area contributed by atoms with Crippen LogP contribution in [0.4, 0.5) is 0 Å². The number of unbranched alkanes of at least 4 members (excludes halogenated alkanes) is 9. The standard InChI is InChI=1S/C20H36Cl2O4/c1-3-5-6-7-8-9-10-11-12-13-14-15-17(23)18(16-25-4-2)26-20(24)19(21)22/h14-15,17-19,23H,3-13,16H2,1-2H3/b15-14+. The molecule has 0 aromatic carbocycles. The minimum atomic E-state index is -1.27. The van der Waals surface area contributed by atoms with Crippen LogP contribution in [0, 0.1) is 0 Å². The largest absolute Gasteiger partial charge is 0.455 e. The maximum absolute atomic E-state index is 11.5. The molecule has 0 aliphatic carbocycles. The van der Waals surface area contributed by atoms with Gasteiger partial charge in [0.1, 0.15) is 6.10 Å². The molecule has 2 atom stereocenters. The number of hydrogen-bond donors (Lipinski definition) is 1. The molecular formula is C20H36Cl2O4. The van der Waals surface area contributed by atoms with E-state index in [1.165, 1.54) is 51.4 Å². The van der Waals surface area contributed by atoms with E-state index in [1.807, 2.05) is 13.0 Å². The van der Waals surface area contributed by atoms with Crippen molar-refractivity contribution >= 4 is 29.2 Å². The van der Waals surface area contributed by atoms with Gasteiger partial charge in [-0.25, -0.2) is 4.79 Å². The van der Waals surface area contributed by atoms with E-state index < -0.39 is 23.0 Å². The summed E-state index contributed by atoms with van der Waals surface area (Å²) in [6, 6.07) is 0. The van der Waals surface area contributed by atoms with E-state index in [0.717, 1.165) is 12.8 Å². The molecule has 0 heterocycles. The number of alkyl halides is 2. The quantitative estimate of drug-likeness (QED) is 0.147. The molecule has 0 amide bonds. The third-order valence-electron chi connectivity index (χ3n) is 4.12. The third-order valence-corrected chi connectivity index (χ3v) is 4.48. The van der Waals surface area contributed by atoms with Crippen LogP contribution in [0.15, 0.2) is 12.2 Å². The highest BCUT2D eigenvalue weighted by atomic mass is 35.5. The second-order valence-corrected chi connectivity index (χ2v) is 7.57. The lowest BCUT2D eigenvalue weighted by molar-refractivity contribution is -0.155. The first kappa shape index (κ1) is 25.7. The molecule has 0 aromatic rings. The van der Waals surface area contributed by atoms with Crippen molar-refractivity contribution in [2.45, 2.75) is 95.1 Å². The van der Waals surface area contributed by atoms with Crippen LogP contribution in [-0.2, 0) is 14.3 Å². The number of aliphatic hydroxyl groups is 1. The van der Waals surface area contributed by atoms with E-state index in [4.69, 9.17) is 32.7 Å². The second-order valence-electron chi connectivity index (χ2n) is 6.47. The number of allylic oxidation sites excluding steroid dienone is 1. The van der Waals surface area contributed by atoms with E-state index in [1.54, 1.807) is 6.08 Å².